The summed E-state index contributed by atoms with van der Waals surface area (Å²) >= 11 is 0. The first-order valence-corrected chi connectivity index (χ1v) is 17.5. The van der Waals surface area contributed by atoms with Crippen molar-refractivity contribution in [2.24, 2.45) is 5.92 Å². The highest BCUT2D eigenvalue weighted by Crippen LogP contribution is 2.21. The summed E-state index contributed by atoms with van der Waals surface area (Å²) in [6.45, 7) is 6.53. The Hall–Kier alpha value is -1.14. The van der Waals surface area contributed by atoms with Gasteiger partial charge in [-0.25, -0.2) is 0 Å². The average molecular weight is 585 g/mol. The lowest BCUT2D eigenvalue weighted by Gasteiger charge is -2.17. The van der Waals surface area contributed by atoms with Gasteiger partial charge in [-0.2, -0.15) is 0 Å². The molecule has 0 rings (SSSR count). The number of esters is 2. The molecule has 0 unspecified atom stereocenters. The van der Waals surface area contributed by atoms with Crippen molar-refractivity contribution in [3.8, 4) is 0 Å². The number of methoxy groups -OCH3 is 1. The van der Waals surface area contributed by atoms with Gasteiger partial charge in [0.1, 0.15) is 6.61 Å². The first-order valence-electron chi connectivity index (χ1n) is 17.5. The van der Waals surface area contributed by atoms with Crippen LogP contribution in [-0.2, 0) is 28.5 Å². The maximum absolute atomic E-state index is 12.3. The molecule has 6 heteroatoms. The van der Waals surface area contributed by atoms with Crippen molar-refractivity contribution in [3.63, 3.8) is 0 Å². The van der Waals surface area contributed by atoms with Gasteiger partial charge in [0, 0.05) is 7.11 Å². The van der Waals surface area contributed by atoms with E-state index in [1.807, 2.05) is 0 Å². The van der Waals surface area contributed by atoms with E-state index in [0.29, 0.717) is 32.3 Å². The minimum Gasteiger partial charge on any atom is -0.465 e. The topological polar surface area (TPSA) is 71.1 Å². The highest BCUT2D eigenvalue weighted by Gasteiger charge is 2.14. The molecule has 6 nitrogen and oxygen atoms in total. The van der Waals surface area contributed by atoms with Gasteiger partial charge >= 0.3 is 11.9 Å². The predicted molar refractivity (Wildman–Crippen MR) is 170 cm³/mol. The number of ether oxygens (including phenoxy) is 4. The summed E-state index contributed by atoms with van der Waals surface area (Å²) in [6.07, 6.45) is 29.1. The van der Waals surface area contributed by atoms with E-state index < -0.39 is 0 Å². The van der Waals surface area contributed by atoms with E-state index >= 15 is 0 Å². The van der Waals surface area contributed by atoms with E-state index in [0.717, 1.165) is 12.8 Å². The Balaban J connectivity index is 4.15. The van der Waals surface area contributed by atoms with Crippen molar-refractivity contribution in [3.05, 3.63) is 0 Å². The second kappa shape index (κ2) is 33.4. The molecule has 0 aromatic heterocycles. The highest BCUT2D eigenvalue weighted by atomic mass is 16.6. The molecule has 0 radical (unpaired) electrons. The van der Waals surface area contributed by atoms with Gasteiger partial charge in [0.2, 0.25) is 0 Å². The molecule has 0 aromatic carbocycles. The quantitative estimate of drug-likeness (QED) is 0.0565. The number of unbranched alkanes of at least 4 members (excludes halogenated alkanes) is 18. The molecule has 0 saturated carbocycles. The van der Waals surface area contributed by atoms with E-state index in [1.165, 1.54) is 128 Å². The fourth-order valence-electron chi connectivity index (χ4n) is 5.17. The van der Waals surface area contributed by atoms with Crippen LogP contribution < -0.4 is 0 Å². The molecule has 0 aliphatic heterocycles. The summed E-state index contributed by atoms with van der Waals surface area (Å²) in [5.74, 6) is -0.253. The van der Waals surface area contributed by atoms with Gasteiger partial charge in [-0.15, -0.1) is 0 Å². The predicted octanol–water partition coefficient (Wildman–Crippen LogP) is 9.75. The molecule has 0 atom stereocenters. The van der Waals surface area contributed by atoms with Gasteiger partial charge in [0.05, 0.1) is 39.3 Å². The molecular weight excluding hydrogens is 516 g/mol. The first-order chi connectivity index (χ1) is 20.1. The summed E-state index contributed by atoms with van der Waals surface area (Å²) in [5.41, 5.74) is 0. The van der Waals surface area contributed by atoms with Gasteiger partial charge in [-0.05, 0) is 18.8 Å². The van der Waals surface area contributed by atoms with Gasteiger partial charge in [0.25, 0.3) is 0 Å². The third-order valence-corrected chi connectivity index (χ3v) is 7.87. The lowest BCUT2D eigenvalue weighted by atomic mass is 9.94. The number of hydrogen-bond donors (Lipinski definition) is 0. The normalized spacial score (nSPS) is 11.3. The number of carbonyl (C=O) groups is 2. The van der Waals surface area contributed by atoms with Crippen LogP contribution in [0.5, 0.6) is 0 Å². The van der Waals surface area contributed by atoms with Crippen LogP contribution in [0.4, 0.5) is 0 Å². The maximum Gasteiger partial charge on any atom is 0.306 e. The van der Waals surface area contributed by atoms with Gasteiger partial charge in [-0.1, -0.05) is 142 Å². The van der Waals surface area contributed by atoms with Crippen LogP contribution in [-0.4, -0.2) is 52.1 Å². The molecule has 0 amide bonds. The second-order valence-corrected chi connectivity index (χ2v) is 11.8. The summed E-state index contributed by atoms with van der Waals surface area (Å²) in [5, 5.41) is 0. The Morgan fingerprint density at radius 2 is 0.878 bits per heavy atom. The summed E-state index contributed by atoms with van der Waals surface area (Å²) in [7, 11) is 1.61. The fraction of sp³-hybridized carbons (Fsp3) is 0.943. The number of rotatable bonds is 33. The van der Waals surface area contributed by atoms with Gasteiger partial charge in [-0.3, -0.25) is 9.59 Å². The van der Waals surface area contributed by atoms with Crippen molar-refractivity contribution in [2.75, 3.05) is 40.1 Å². The minimum absolute atomic E-state index is 0.0540. The lowest BCUT2D eigenvalue weighted by Crippen LogP contribution is -2.17. The fourth-order valence-corrected chi connectivity index (χ4v) is 5.17. The molecule has 0 bridgehead atoms. The van der Waals surface area contributed by atoms with E-state index in [4.69, 9.17) is 18.9 Å². The van der Waals surface area contributed by atoms with Crippen molar-refractivity contribution >= 4 is 11.9 Å². The molecule has 41 heavy (non-hydrogen) atoms. The standard InChI is InChI=1S/C35H68O6/c1-4-6-8-10-12-14-16-18-20-22-24-33(25-23-21-19-17-15-13-11-9-7-5-2)32-41-35(37)27-26-34(36)40-31-30-39-29-28-38-3/h33H,4-32H2,1-3H3. The molecule has 0 saturated heterocycles. The summed E-state index contributed by atoms with van der Waals surface area (Å²) < 4.78 is 20.9. The van der Waals surface area contributed by atoms with Crippen LogP contribution in [0.3, 0.4) is 0 Å². The largest absolute Gasteiger partial charge is 0.465 e. The third kappa shape index (κ3) is 31.6. The van der Waals surface area contributed by atoms with Crippen molar-refractivity contribution < 1.29 is 28.5 Å². The Bertz CT molecular complexity index is 529. The molecule has 0 spiro atoms. The van der Waals surface area contributed by atoms with Crippen LogP contribution in [0.25, 0.3) is 0 Å². The van der Waals surface area contributed by atoms with Gasteiger partial charge < -0.3 is 18.9 Å². The Morgan fingerprint density at radius 3 is 1.32 bits per heavy atom. The van der Waals surface area contributed by atoms with E-state index in [1.54, 1.807) is 7.11 Å². The molecule has 0 aliphatic rings. The number of carbonyl (C=O) groups excluding carboxylic acids is 2. The Labute approximate surface area is 254 Å². The van der Waals surface area contributed by atoms with Crippen molar-refractivity contribution in [1.82, 2.24) is 0 Å². The SMILES string of the molecule is CCCCCCCCCCCCC(CCCCCCCCCCCC)COC(=O)CCC(=O)OCCOCCOC. The molecule has 0 N–H and O–H groups in total. The van der Waals surface area contributed by atoms with Crippen molar-refractivity contribution in [2.45, 2.75) is 168 Å². The smallest absolute Gasteiger partial charge is 0.306 e. The monoisotopic (exact) mass is 585 g/mol. The van der Waals surface area contributed by atoms with Crippen LogP contribution >= 0.6 is 0 Å². The molecule has 0 fully saturated rings. The minimum atomic E-state index is -0.385. The molecule has 0 aromatic rings. The summed E-state index contributed by atoms with van der Waals surface area (Å²) in [4.78, 5) is 24.2. The lowest BCUT2D eigenvalue weighted by molar-refractivity contribution is -0.152. The molecule has 0 heterocycles. The zero-order valence-corrected chi connectivity index (χ0v) is 27.5. The maximum atomic E-state index is 12.3. The molecule has 244 valence electrons. The highest BCUT2D eigenvalue weighted by molar-refractivity contribution is 5.77. The van der Waals surface area contributed by atoms with E-state index in [-0.39, 0.29) is 31.4 Å². The first kappa shape index (κ1) is 39.9. The third-order valence-electron chi connectivity index (χ3n) is 7.87. The van der Waals surface area contributed by atoms with Crippen LogP contribution in [0.15, 0.2) is 0 Å². The molecule has 0 aliphatic carbocycles. The van der Waals surface area contributed by atoms with E-state index in [2.05, 4.69) is 13.8 Å². The summed E-state index contributed by atoms with van der Waals surface area (Å²) in [6, 6.07) is 0. The average Bonchev–Trinajstić information content (AvgIpc) is 2.98. The zero-order valence-electron chi connectivity index (χ0n) is 27.5. The number of hydrogen-bond acceptors (Lipinski definition) is 6. The zero-order chi connectivity index (χ0) is 30.1. The van der Waals surface area contributed by atoms with Crippen LogP contribution in [0.2, 0.25) is 0 Å². The van der Waals surface area contributed by atoms with Crippen molar-refractivity contribution in [1.29, 1.82) is 0 Å². The van der Waals surface area contributed by atoms with Crippen LogP contribution in [0, 0.1) is 5.92 Å². The Morgan fingerprint density at radius 1 is 0.488 bits per heavy atom. The molecular formula is C35H68O6. The second-order valence-electron chi connectivity index (χ2n) is 11.8. The Kier molecular flexibility index (Phi) is 32.4. The van der Waals surface area contributed by atoms with E-state index in [9.17, 15) is 9.59 Å². The van der Waals surface area contributed by atoms with Gasteiger partial charge in [0.15, 0.2) is 0 Å². The van der Waals surface area contributed by atoms with Crippen LogP contribution in [0.1, 0.15) is 168 Å².